The van der Waals surface area contributed by atoms with Crippen LogP contribution in [0.2, 0.25) is 0 Å². The minimum absolute atomic E-state index is 0.548. The van der Waals surface area contributed by atoms with Gasteiger partial charge in [-0.1, -0.05) is 20.8 Å². The average molecular weight is 225 g/mol. The van der Waals surface area contributed by atoms with Gasteiger partial charge in [0.15, 0.2) is 0 Å². The Morgan fingerprint density at radius 3 is 2.06 bits per heavy atom. The number of nitrogens with one attached hydrogen (secondary N) is 1. The van der Waals surface area contributed by atoms with E-state index >= 15 is 0 Å². The molecule has 0 bridgehead atoms. The molecule has 0 amide bonds. The molecular weight excluding hydrogens is 198 g/mol. The molecule has 16 heavy (non-hydrogen) atoms. The van der Waals surface area contributed by atoms with Crippen molar-refractivity contribution in [3.05, 3.63) is 0 Å². The van der Waals surface area contributed by atoms with Gasteiger partial charge in [0.25, 0.3) is 0 Å². The number of ether oxygens (including phenoxy) is 1. The summed E-state index contributed by atoms with van der Waals surface area (Å²) in [4.78, 5) is 0. The second-order valence-electron chi connectivity index (χ2n) is 6.02. The zero-order valence-corrected chi connectivity index (χ0v) is 11.0. The molecule has 2 saturated carbocycles. The van der Waals surface area contributed by atoms with E-state index in [9.17, 15) is 0 Å². The van der Waals surface area contributed by atoms with E-state index in [2.05, 4.69) is 26.1 Å². The van der Waals surface area contributed by atoms with Gasteiger partial charge in [0.05, 0.1) is 12.2 Å². The Bertz CT molecular complexity index is 203. The Morgan fingerprint density at radius 2 is 1.50 bits per heavy atom. The monoisotopic (exact) mass is 225 g/mol. The van der Waals surface area contributed by atoms with Crippen LogP contribution in [0.3, 0.4) is 0 Å². The highest BCUT2D eigenvalue weighted by Crippen LogP contribution is 2.34. The van der Waals surface area contributed by atoms with Crippen LogP contribution in [-0.2, 0) is 4.74 Å². The largest absolute Gasteiger partial charge is 0.375 e. The van der Waals surface area contributed by atoms with Crippen molar-refractivity contribution in [3.63, 3.8) is 0 Å². The van der Waals surface area contributed by atoms with Gasteiger partial charge in [0.2, 0.25) is 0 Å². The van der Waals surface area contributed by atoms with E-state index in [1.165, 1.54) is 32.1 Å². The summed E-state index contributed by atoms with van der Waals surface area (Å²) in [6.45, 7) is 8.01. The first kappa shape index (κ1) is 12.4. The maximum absolute atomic E-state index is 6.20. The SMILES string of the molecule is CCNC1CC(OC2CC(C)CC(C)C2)C1. The Morgan fingerprint density at radius 1 is 0.938 bits per heavy atom. The molecule has 2 nitrogen and oxygen atoms in total. The smallest absolute Gasteiger partial charge is 0.0608 e. The summed E-state index contributed by atoms with van der Waals surface area (Å²) in [5.41, 5.74) is 0. The lowest BCUT2D eigenvalue weighted by molar-refractivity contribution is -0.0893. The van der Waals surface area contributed by atoms with Crippen LogP contribution in [0.1, 0.15) is 52.9 Å². The molecule has 0 heterocycles. The van der Waals surface area contributed by atoms with E-state index in [-0.39, 0.29) is 0 Å². The Kier molecular flexibility index (Phi) is 4.26. The second kappa shape index (κ2) is 5.50. The topological polar surface area (TPSA) is 21.3 Å². The third-order valence-electron chi connectivity index (χ3n) is 4.11. The maximum Gasteiger partial charge on any atom is 0.0608 e. The molecule has 0 aromatic heterocycles. The number of rotatable bonds is 4. The highest BCUT2D eigenvalue weighted by Gasteiger charge is 2.33. The van der Waals surface area contributed by atoms with Crippen LogP contribution in [0, 0.1) is 11.8 Å². The Balaban J connectivity index is 1.67. The lowest BCUT2D eigenvalue weighted by atomic mass is 9.81. The molecule has 0 aromatic rings. The molecule has 2 rings (SSSR count). The lowest BCUT2D eigenvalue weighted by Crippen LogP contribution is -2.47. The van der Waals surface area contributed by atoms with Crippen molar-refractivity contribution < 1.29 is 4.74 Å². The molecule has 2 heteroatoms. The molecule has 0 spiro atoms. The summed E-state index contributed by atoms with van der Waals surface area (Å²) >= 11 is 0. The highest BCUT2D eigenvalue weighted by molar-refractivity contribution is 4.87. The van der Waals surface area contributed by atoms with E-state index in [4.69, 9.17) is 4.74 Å². The van der Waals surface area contributed by atoms with E-state index in [1.54, 1.807) is 0 Å². The van der Waals surface area contributed by atoms with Crippen LogP contribution in [0.4, 0.5) is 0 Å². The quantitative estimate of drug-likeness (QED) is 0.794. The number of hydrogen-bond acceptors (Lipinski definition) is 2. The van der Waals surface area contributed by atoms with Crippen molar-refractivity contribution in [1.82, 2.24) is 5.32 Å². The highest BCUT2D eigenvalue weighted by atomic mass is 16.5. The predicted molar refractivity (Wildman–Crippen MR) is 67.5 cm³/mol. The van der Waals surface area contributed by atoms with Crippen molar-refractivity contribution in [2.75, 3.05) is 6.54 Å². The predicted octanol–water partition coefficient (Wildman–Crippen LogP) is 2.97. The molecule has 2 fully saturated rings. The van der Waals surface area contributed by atoms with Crippen LogP contribution in [0.15, 0.2) is 0 Å². The fourth-order valence-corrected chi connectivity index (χ4v) is 3.39. The van der Waals surface area contributed by atoms with E-state index in [0.717, 1.165) is 24.4 Å². The molecule has 2 unspecified atom stereocenters. The first-order chi connectivity index (χ1) is 7.67. The van der Waals surface area contributed by atoms with E-state index < -0.39 is 0 Å². The molecule has 94 valence electrons. The van der Waals surface area contributed by atoms with Gasteiger partial charge in [0, 0.05) is 6.04 Å². The van der Waals surface area contributed by atoms with Gasteiger partial charge in [-0.3, -0.25) is 0 Å². The van der Waals surface area contributed by atoms with Gasteiger partial charge in [-0.05, 0) is 50.5 Å². The molecule has 0 radical (unpaired) electrons. The maximum atomic E-state index is 6.20. The molecule has 2 aliphatic rings. The van der Waals surface area contributed by atoms with Gasteiger partial charge in [-0.2, -0.15) is 0 Å². The standard InChI is InChI=1S/C14H27NO/c1-4-15-12-8-14(9-12)16-13-6-10(2)5-11(3)7-13/h10-15H,4-9H2,1-3H3. The summed E-state index contributed by atoms with van der Waals surface area (Å²) in [5.74, 6) is 1.72. The minimum Gasteiger partial charge on any atom is -0.375 e. The van der Waals surface area contributed by atoms with Gasteiger partial charge >= 0.3 is 0 Å². The van der Waals surface area contributed by atoms with Gasteiger partial charge in [-0.25, -0.2) is 0 Å². The Labute approximate surface area is 100 Å². The Hall–Kier alpha value is -0.0800. The summed E-state index contributed by atoms with van der Waals surface area (Å²) in [5, 5.41) is 3.49. The minimum atomic E-state index is 0.548. The van der Waals surface area contributed by atoms with E-state index in [0.29, 0.717) is 12.2 Å². The lowest BCUT2D eigenvalue weighted by Gasteiger charge is -2.40. The first-order valence-electron chi connectivity index (χ1n) is 7.06. The second-order valence-corrected chi connectivity index (χ2v) is 6.02. The zero-order chi connectivity index (χ0) is 11.5. The van der Waals surface area contributed by atoms with Crippen molar-refractivity contribution in [2.24, 2.45) is 11.8 Å². The average Bonchev–Trinajstić information content (AvgIpc) is 2.13. The molecule has 1 N–H and O–H groups in total. The fraction of sp³-hybridized carbons (Fsp3) is 1.00. The van der Waals surface area contributed by atoms with Crippen LogP contribution >= 0.6 is 0 Å². The summed E-state index contributed by atoms with van der Waals surface area (Å²) in [7, 11) is 0. The molecule has 0 saturated heterocycles. The zero-order valence-electron chi connectivity index (χ0n) is 11.0. The fourth-order valence-electron chi connectivity index (χ4n) is 3.39. The summed E-state index contributed by atoms with van der Waals surface area (Å²) in [6.07, 6.45) is 7.52. The normalized spacial score (nSPS) is 44.1. The molecule has 0 aromatic carbocycles. The number of hydrogen-bond donors (Lipinski definition) is 1. The molecule has 0 aliphatic heterocycles. The van der Waals surface area contributed by atoms with E-state index in [1.807, 2.05) is 0 Å². The van der Waals surface area contributed by atoms with Crippen molar-refractivity contribution in [2.45, 2.75) is 71.1 Å². The summed E-state index contributed by atoms with van der Waals surface area (Å²) in [6, 6.07) is 0.730. The van der Waals surface area contributed by atoms with Crippen LogP contribution in [-0.4, -0.2) is 24.8 Å². The van der Waals surface area contributed by atoms with Gasteiger partial charge < -0.3 is 10.1 Å². The van der Waals surface area contributed by atoms with Crippen LogP contribution in [0.25, 0.3) is 0 Å². The first-order valence-corrected chi connectivity index (χ1v) is 7.06. The summed E-state index contributed by atoms with van der Waals surface area (Å²) < 4.78 is 6.20. The van der Waals surface area contributed by atoms with Gasteiger partial charge in [0.1, 0.15) is 0 Å². The van der Waals surface area contributed by atoms with Crippen molar-refractivity contribution in [1.29, 1.82) is 0 Å². The van der Waals surface area contributed by atoms with Crippen LogP contribution < -0.4 is 5.32 Å². The third kappa shape index (κ3) is 3.21. The molecule has 2 atom stereocenters. The molecular formula is C14H27NO. The molecule has 2 aliphatic carbocycles. The van der Waals surface area contributed by atoms with Crippen LogP contribution in [0.5, 0.6) is 0 Å². The van der Waals surface area contributed by atoms with Crippen molar-refractivity contribution >= 4 is 0 Å². The van der Waals surface area contributed by atoms with Crippen molar-refractivity contribution in [3.8, 4) is 0 Å². The van der Waals surface area contributed by atoms with Gasteiger partial charge in [-0.15, -0.1) is 0 Å². The third-order valence-corrected chi connectivity index (χ3v) is 4.11.